The van der Waals surface area contributed by atoms with Crippen LogP contribution in [0.4, 0.5) is 4.39 Å². The second-order valence-electron chi connectivity index (χ2n) is 3.55. The van der Waals surface area contributed by atoms with Crippen LogP contribution in [0.25, 0.3) is 0 Å². The lowest BCUT2D eigenvalue weighted by Crippen LogP contribution is -2.07. The van der Waals surface area contributed by atoms with Gasteiger partial charge < -0.3 is 9.47 Å². The summed E-state index contributed by atoms with van der Waals surface area (Å²) in [5, 5.41) is 0. The number of hydrogen-bond acceptors (Lipinski definition) is 4. The van der Waals surface area contributed by atoms with Gasteiger partial charge in [-0.3, -0.25) is 9.59 Å². The molecule has 0 aliphatic heterocycles. The van der Waals surface area contributed by atoms with Gasteiger partial charge in [-0.25, -0.2) is 4.39 Å². The summed E-state index contributed by atoms with van der Waals surface area (Å²) in [6.45, 7) is 5.94. The quantitative estimate of drug-likeness (QED) is 0.469. The van der Waals surface area contributed by atoms with Crippen LogP contribution in [0.1, 0.15) is 25.5 Å². The predicted octanol–water partition coefficient (Wildman–Crippen LogP) is 2.54. The van der Waals surface area contributed by atoms with Gasteiger partial charge in [-0.2, -0.15) is 0 Å². The number of esters is 2. The van der Waals surface area contributed by atoms with Crippen LogP contribution in [0, 0.1) is 5.82 Å². The lowest BCUT2D eigenvalue weighted by atomic mass is 10.1. The van der Waals surface area contributed by atoms with Crippen LogP contribution >= 0.6 is 0 Å². The van der Waals surface area contributed by atoms with E-state index in [0.29, 0.717) is 5.56 Å². The van der Waals surface area contributed by atoms with Crippen molar-refractivity contribution in [3.05, 3.63) is 42.2 Å². The topological polar surface area (TPSA) is 52.6 Å². The minimum absolute atomic E-state index is 0.170. The molecule has 4 nitrogen and oxygen atoms in total. The van der Waals surface area contributed by atoms with Gasteiger partial charge in [0, 0.05) is 13.8 Å². The number of carbonyl (C=O) groups is 2. The summed E-state index contributed by atoms with van der Waals surface area (Å²) in [4.78, 5) is 21.6. The summed E-state index contributed by atoms with van der Waals surface area (Å²) in [6.07, 6.45) is 0.644. The Kier molecular flexibility index (Phi) is 4.59. The number of carbonyl (C=O) groups excluding carboxylic acids is 2. The van der Waals surface area contributed by atoms with E-state index in [0.717, 1.165) is 6.07 Å². The molecule has 0 saturated heterocycles. The lowest BCUT2D eigenvalue weighted by Gasteiger charge is -2.13. The van der Waals surface area contributed by atoms with Gasteiger partial charge in [0.15, 0.2) is 11.6 Å². The fourth-order valence-corrected chi connectivity index (χ4v) is 1.36. The number of hydrogen-bond donors (Lipinski definition) is 0. The van der Waals surface area contributed by atoms with Crippen LogP contribution in [0.2, 0.25) is 0 Å². The van der Waals surface area contributed by atoms with E-state index >= 15 is 0 Å². The molecule has 0 saturated carbocycles. The molecule has 0 bridgehead atoms. The Balaban J connectivity index is 2.98. The van der Waals surface area contributed by atoms with E-state index in [2.05, 4.69) is 11.3 Å². The van der Waals surface area contributed by atoms with Crippen LogP contribution in [-0.2, 0) is 14.3 Å². The van der Waals surface area contributed by atoms with Crippen LogP contribution in [0.3, 0.4) is 0 Å². The molecule has 0 aliphatic rings. The molecule has 0 aliphatic carbocycles. The number of rotatable bonds is 4. The minimum atomic E-state index is -0.733. The fraction of sp³-hybridized carbons (Fsp3) is 0.231. The summed E-state index contributed by atoms with van der Waals surface area (Å²) in [7, 11) is 0. The van der Waals surface area contributed by atoms with Gasteiger partial charge in [-0.1, -0.05) is 12.6 Å². The maximum absolute atomic E-state index is 13.6. The van der Waals surface area contributed by atoms with E-state index in [1.54, 1.807) is 0 Å². The second-order valence-corrected chi connectivity index (χ2v) is 3.55. The van der Waals surface area contributed by atoms with Gasteiger partial charge in [0.2, 0.25) is 0 Å². The third kappa shape index (κ3) is 3.69. The molecule has 0 aromatic heterocycles. The zero-order valence-corrected chi connectivity index (χ0v) is 10.1. The Morgan fingerprint density at radius 2 is 2.00 bits per heavy atom. The summed E-state index contributed by atoms with van der Waals surface area (Å²) in [5.41, 5.74) is 0.411. The molecule has 0 unspecified atom stereocenters. The third-order valence-electron chi connectivity index (χ3n) is 2.05. The minimum Gasteiger partial charge on any atom is -0.453 e. The molecular formula is C13H13FO4. The predicted molar refractivity (Wildman–Crippen MR) is 62.4 cm³/mol. The summed E-state index contributed by atoms with van der Waals surface area (Å²) >= 11 is 0. The molecule has 0 fully saturated rings. The first-order chi connectivity index (χ1) is 8.43. The highest BCUT2D eigenvalue weighted by Gasteiger charge is 2.14. The Morgan fingerprint density at radius 1 is 1.33 bits per heavy atom. The Hall–Kier alpha value is -2.17. The van der Waals surface area contributed by atoms with Crippen molar-refractivity contribution in [2.45, 2.75) is 20.0 Å². The van der Waals surface area contributed by atoms with Crippen LogP contribution < -0.4 is 4.74 Å². The zero-order valence-electron chi connectivity index (χ0n) is 10.1. The highest BCUT2D eigenvalue weighted by Crippen LogP contribution is 2.25. The molecular weight excluding hydrogens is 239 g/mol. The number of ether oxygens (including phenoxy) is 2. The van der Waals surface area contributed by atoms with Crippen molar-refractivity contribution in [2.24, 2.45) is 0 Å². The van der Waals surface area contributed by atoms with Crippen molar-refractivity contribution in [3.63, 3.8) is 0 Å². The van der Waals surface area contributed by atoms with Crippen molar-refractivity contribution in [3.8, 4) is 5.75 Å². The second kappa shape index (κ2) is 5.95. The monoisotopic (exact) mass is 252 g/mol. The Morgan fingerprint density at radius 3 is 2.44 bits per heavy atom. The number of benzene rings is 1. The fourth-order valence-electron chi connectivity index (χ4n) is 1.36. The van der Waals surface area contributed by atoms with E-state index in [1.165, 1.54) is 32.1 Å². The van der Waals surface area contributed by atoms with E-state index in [1.807, 2.05) is 0 Å². The molecule has 0 spiro atoms. The highest BCUT2D eigenvalue weighted by atomic mass is 19.1. The molecule has 1 atom stereocenters. The van der Waals surface area contributed by atoms with E-state index < -0.39 is 23.9 Å². The normalized spacial score (nSPS) is 11.5. The van der Waals surface area contributed by atoms with Gasteiger partial charge in [0.25, 0.3) is 0 Å². The molecule has 1 rings (SSSR count). The third-order valence-corrected chi connectivity index (χ3v) is 2.05. The summed E-state index contributed by atoms with van der Waals surface area (Å²) in [6, 6.07) is 3.93. The number of halogens is 1. The summed E-state index contributed by atoms with van der Waals surface area (Å²) in [5.74, 6) is -1.98. The molecule has 18 heavy (non-hydrogen) atoms. The van der Waals surface area contributed by atoms with E-state index in [-0.39, 0.29) is 5.75 Å². The van der Waals surface area contributed by atoms with Gasteiger partial charge in [-0.15, -0.1) is 0 Å². The SMILES string of the molecule is C=C[C@H](OC(C)=O)c1ccc(OC(C)=O)c(F)c1. The molecule has 1 aromatic rings. The van der Waals surface area contributed by atoms with E-state index in [9.17, 15) is 14.0 Å². The summed E-state index contributed by atoms with van der Waals surface area (Å²) < 4.78 is 23.2. The molecule has 0 heterocycles. The van der Waals surface area contributed by atoms with Gasteiger partial charge in [-0.05, 0) is 23.8 Å². The van der Waals surface area contributed by atoms with Crippen molar-refractivity contribution < 1.29 is 23.5 Å². The van der Waals surface area contributed by atoms with Gasteiger partial charge in [0.05, 0.1) is 0 Å². The molecule has 0 radical (unpaired) electrons. The maximum atomic E-state index is 13.6. The first kappa shape index (κ1) is 13.9. The lowest BCUT2D eigenvalue weighted by molar-refractivity contribution is -0.144. The largest absolute Gasteiger partial charge is 0.453 e. The molecule has 96 valence electrons. The van der Waals surface area contributed by atoms with Gasteiger partial charge in [0.1, 0.15) is 6.10 Å². The molecule has 1 aromatic carbocycles. The Bertz CT molecular complexity index is 482. The van der Waals surface area contributed by atoms with Gasteiger partial charge >= 0.3 is 11.9 Å². The standard InChI is InChI=1S/C13H13FO4/c1-4-12(17-8(2)15)10-5-6-13(11(14)7-10)18-9(3)16/h4-7,12H,1H2,2-3H3/t12-/m0/s1. The van der Waals surface area contributed by atoms with E-state index in [4.69, 9.17) is 4.74 Å². The smallest absolute Gasteiger partial charge is 0.308 e. The average molecular weight is 252 g/mol. The van der Waals surface area contributed by atoms with Crippen molar-refractivity contribution in [1.29, 1.82) is 0 Å². The van der Waals surface area contributed by atoms with Crippen LogP contribution in [-0.4, -0.2) is 11.9 Å². The highest BCUT2D eigenvalue weighted by molar-refractivity contribution is 5.69. The average Bonchev–Trinajstić information content (AvgIpc) is 2.28. The first-order valence-electron chi connectivity index (χ1n) is 5.21. The zero-order chi connectivity index (χ0) is 13.7. The van der Waals surface area contributed by atoms with Crippen LogP contribution in [0.5, 0.6) is 5.75 Å². The molecule has 5 heteroatoms. The Labute approximate surface area is 104 Å². The molecule has 0 amide bonds. The van der Waals surface area contributed by atoms with Crippen molar-refractivity contribution in [2.75, 3.05) is 0 Å². The first-order valence-corrected chi connectivity index (χ1v) is 5.21. The maximum Gasteiger partial charge on any atom is 0.308 e. The molecule has 0 N–H and O–H groups in total. The van der Waals surface area contributed by atoms with Crippen molar-refractivity contribution >= 4 is 11.9 Å². The van der Waals surface area contributed by atoms with Crippen LogP contribution in [0.15, 0.2) is 30.9 Å². The van der Waals surface area contributed by atoms with Crippen molar-refractivity contribution in [1.82, 2.24) is 0 Å².